The number of hydrogen-bond donors (Lipinski definition) is 2. The average Bonchev–Trinajstić information content (AvgIpc) is 2.48. The predicted molar refractivity (Wildman–Crippen MR) is 80.3 cm³/mol. The van der Waals surface area contributed by atoms with Gasteiger partial charge in [0.1, 0.15) is 0 Å². The minimum Gasteiger partial charge on any atom is -0.392 e. The van der Waals surface area contributed by atoms with Crippen LogP contribution in [-0.2, 0) is 6.61 Å². The Morgan fingerprint density at radius 2 is 1.89 bits per heavy atom. The molecule has 2 N–H and O–H groups in total. The van der Waals surface area contributed by atoms with Gasteiger partial charge in [-0.3, -0.25) is 0 Å². The van der Waals surface area contributed by atoms with Gasteiger partial charge in [0, 0.05) is 11.7 Å². The van der Waals surface area contributed by atoms with Gasteiger partial charge in [-0.15, -0.1) is 0 Å². The highest BCUT2D eigenvalue weighted by Crippen LogP contribution is 2.23. The first-order valence-electron chi connectivity index (χ1n) is 7.41. The van der Waals surface area contributed by atoms with Gasteiger partial charge >= 0.3 is 0 Å². The number of piperidine rings is 1. The molecule has 2 rings (SSSR count). The molecule has 1 atom stereocenters. The van der Waals surface area contributed by atoms with Gasteiger partial charge in [0.25, 0.3) is 0 Å². The van der Waals surface area contributed by atoms with E-state index in [0.717, 1.165) is 17.2 Å². The second kappa shape index (κ2) is 6.92. The second-order valence-electron chi connectivity index (χ2n) is 5.56. The van der Waals surface area contributed by atoms with Gasteiger partial charge in [0.05, 0.1) is 6.61 Å². The summed E-state index contributed by atoms with van der Waals surface area (Å²) in [5.41, 5.74) is 2.12. The highest BCUT2D eigenvalue weighted by Gasteiger charge is 2.22. The van der Waals surface area contributed by atoms with Crippen LogP contribution in [0.15, 0.2) is 24.3 Å². The quantitative estimate of drug-likeness (QED) is 0.856. The standard InChI is InChI=1S/C16H26N2O/c1-3-18-10-8-15(9-11-18)13(2)17-16-6-4-14(12-19)5-7-16/h4-7,13,15,17,19H,3,8-12H2,1-2H3. The van der Waals surface area contributed by atoms with Crippen molar-refractivity contribution in [2.24, 2.45) is 5.92 Å². The van der Waals surface area contributed by atoms with E-state index in [9.17, 15) is 0 Å². The zero-order valence-corrected chi connectivity index (χ0v) is 12.1. The molecule has 1 aliphatic rings. The van der Waals surface area contributed by atoms with Crippen molar-refractivity contribution in [2.45, 2.75) is 39.3 Å². The average molecular weight is 262 g/mol. The molecular formula is C16H26N2O. The van der Waals surface area contributed by atoms with Crippen molar-refractivity contribution >= 4 is 5.69 Å². The lowest BCUT2D eigenvalue weighted by Crippen LogP contribution is -2.39. The van der Waals surface area contributed by atoms with Crippen LogP contribution < -0.4 is 5.32 Å². The van der Waals surface area contributed by atoms with Crippen molar-refractivity contribution in [3.63, 3.8) is 0 Å². The minimum atomic E-state index is 0.116. The molecule has 3 heteroatoms. The van der Waals surface area contributed by atoms with Gasteiger partial charge in [-0.25, -0.2) is 0 Å². The van der Waals surface area contributed by atoms with E-state index in [-0.39, 0.29) is 6.61 Å². The lowest BCUT2D eigenvalue weighted by molar-refractivity contribution is 0.183. The van der Waals surface area contributed by atoms with Crippen LogP contribution >= 0.6 is 0 Å². The van der Waals surface area contributed by atoms with Gasteiger partial charge in [-0.1, -0.05) is 19.1 Å². The van der Waals surface area contributed by atoms with Crippen LogP contribution in [0.1, 0.15) is 32.3 Å². The third kappa shape index (κ3) is 3.95. The summed E-state index contributed by atoms with van der Waals surface area (Å²) in [6.45, 7) is 8.28. The number of aliphatic hydroxyl groups is 1. The van der Waals surface area contributed by atoms with Crippen LogP contribution in [0.25, 0.3) is 0 Å². The van der Waals surface area contributed by atoms with Crippen LogP contribution in [0.2, 0.25) is 0 Å². The molecule has 3 nitrogen and oxygen atoms in total. The molecule has 0 bridgehead atoms. The molecule has 1 saturated heterocycles. The van der Waals surface area contributed by atoms with Crippen molar-refractivity contribution < 1.29 is 5.11 Å². The van der Waals surface area contributed by atoms with Gasteiger partial charge < -0.3 is 15.3 Å². The van der Waals surface area contributed by atoms with Crippen molar-refractivity contribution in [2.75, 3.05) is 25.0 Å². The lowest BCUT2D eigenvalue weighted by Gasteiger charge is -2.34. The SMILES string of the molecule is CCN1CCC(C(C)Nc2ccc(CO)cc2)CC1. The Labute approximate surface area is 116 Å². The molecule has 0 aromatic heterocycles. The Hall–Kier alpha value is -1.06. The molecule has 1 heterocycles. The molecule has 1 fully saturated rings. The normalized spacial score (nSPS) is 19.3. The summed E-state index contributed by atoms with van der Waals surface area (Å²) in [4.78, 5) is 2.53. The Morgan fingerprint density at radius 3 is 2.42 bits per heavy atom. The Kier molecular flexibility index (Phi) is 5.23. The number of anilines is 1. The summed E-state index contributed by atoms with van der Waals surface area (Å²) in [5, 5.41) is 12.6. The molecule has 1 unspecified atom stereocenters. The highest BCUT2D eigenvalue weighted by molar-refractivity contribution is 5.45. The number of benzene rings is 1. The summed E-state index contributed by atoms with van der Waals surface area (Å²) in [6.07, 6.45) is 2.58. The fraction of sp³-hybridized carbons (Fsp3) is 0.625. The number of rotatable bonds is 5. The number of nitrogens with zero attached hydrogens (tertiary/aromatic N) is 1. The number of aliphatic hydroxyl groups excluding tert-OH is 1. The van der Waals surface area contributed by atoms with E-state index in [1.807, 2.05) is 12.1 Å². The Bertz CT molecular complexity index is 369. The van der Waals surface area contributed by atoms with E-state index in [0.29, 0.717) is 6.04 Å². The molecule has 0 saturated carbocycles. The van der Waals surface area contributed by atoms with Gasteiger partial charge in [-0.2, -0.15) is 0 Å². The van der Waals surface area contributed by atoms with Crippen LogP contribution in [0, 0.1) is 5.92 Å². The van der Waals surface area contributed by atoms with Gasteiger partial charge in [0.15, 0.2) is 0 Å². The molecule has 106 valence electrons. The van der Waals surface area contributed by atoms with Crippen molar-refractivity contribution in [3.05, 3.63) is 29.8 Å². The van der Waals surface area contributed by atoms with E-state index in [1.54, 1.807) is 0 Å². The molecule has 1 aromatic rings. The molecule has 0 radical (unpaired) electrons. The number of likely N-dealkylation sites (tertiary alicyclic amines) is 1. The summed E-state index contributed by atoms with van der Waals surface area (Å²) in [6, 6.07) is 8.59. The highest BCUT2D eigenvalue weighted by atomic mass is 16.3. The van der Waals surface area contributed by atoms with E-state index in [2.05, 4.69) is 36.2 Å². The van der Waals surface area contributed by atoms with Gasteiger partial charge in [-0.05, 0) is 63.0 Å². The van der Waals surface area contributed by atoms with E-state index in [4.69, 9.17) is 5.11 Å². The maximum atomic E-state index is 9.04. The maximum absolute atomic E-state index is 9.04. The first-order chi connectivity index (χ1) is 9.22. The topological polar surface area (TPSA) is 35.5 Å². The van der Waals surface area contributed by atoms with Crippen molar-refractivity contribution in [1.82, 2.24) is 4.90 Å². The fourth-order valence-corrected chi connectivity index (χ4v) is 2.86. The molecule has 0 amide bonds. The molecule has 1 aliphatic heterocycles. The van der Waals surface area contributed by atoms with Crippen molar-refractivity contribution in [3.8, 4) is 0 Å². The van der Waals surface area contributed by atoms with Crippen LogP contribution in [0.3, 0.4) is 0 Å². The van der Waals surface area contributed by atoms with Crippen molar-refractivity contribution in [1.29, 1.82) is 0 Å². The second-order valence-corrected chi connectivity index (χ2v) is 5.56. The molecule has 0 aliphatic carbocycles. The lowest BCUT2D eigenvalue weighted by atomic mass is 9.90. The summed E-state index contributed by atoms with van der Waals surface area (Å²) >= 11 is 0. The summed E-state index contributed by atoms with van der Waals surface area (Å²) in [5.74, 6) is 0.764. The zero-order chi connectivity index (χ0) is 13.7. The number of nitrogens with one attached hydrogen (secondary N) is 1. The molecular weight excluding hydrogens is 236 g/mol. The van der Waals surface area contributed by atoms with Crippen LogP contribution in [-0.4, -0.2) is 35.7 Å². The minimum absolute atomic E-state index is 0.116. The van der Waals surface area contributed by atoms with Gasteiger partial charge in [0.2, 0.25) is 0 Å². The smallest absolute Gasteiger partial charge is 0.0681 e. The van der Waals surface area contributed by atoms with E-state index in [1.165, 1.54) is 32.5 Å². The van der Waals surface area contributed by atoms with Crippen LogP contribution in [0.5, 0.6) is 0 Å². The predicted octanol–water partition coefficient (Wildman–Crippen LogP) is 2.71. The van der Waals surface area contributed by atoms with E-state index >= 15 is 0 Å². The summed E-state index contributed by atoms with van der Waals surface area (Å²) in [7, 11) is 0. The first-order valence-corrected chi connectivity index (χ1v) is 7.41. The maximum Gasteiger partial charge on any atom is 0.0681 e. The monoisotopic (exact) mass is 262 g/mol. The largest absolute Gasteiger partial charge is 0.392 e. The third-order valence-corrected chi connectivity index (χ3v) is 4.32. The third-order valence-electron chi connectivity index (χ3n) is 4.32. The molecule has 1 aromatic carbocycles. The molecule has 0 spiro atoms. The Balaban J connectivity index is 1.84. The Morgan fingerprint density at radius 1 is 1.26 bits per heavy atom. The molecule has 19 heavy (non-hydrogen) atoms. The van der Waals surface area contributed by atoms with Crippen LogP contribution in [0.4, 0.5) is 5.69 Å². The van der Waals surface area contributed by atoms with E-state index < -0.39 is 0 Å². The zero-order valence-electron chi connectivity index (χ0n) is 12.1. The summed E-state index contributed by atoms with van der Waals surface area (Å²) < 4.78 is 0. The fourth-order valence-electron chi connectivity index (χ4n) is 2.86. The first kappa shape index (κ1) is 14.4. The number of hydrogen-bond acceptors (Lipinski definition) is 3.